The standard InChI is InChI=1S/C11H14Cl2N2O/c1-11(2,3)15(13)14-10(16)8-6-4-5-7-9(8)12/h4-7H,1-3H3,(H,14,16). The highest BCUT2D eigenvalue weighted by atomic mass is 35.5. The lowest BCUT2D eigenvalue weighted by Crippen LogP contribution is -2.46. The molecule has 88 valence electrons. The normalized spacial score (nSPS) is 11.6. The van der Waals surface area contributed by atoms with Crippen molar-refractivity contribution in [3.63, 3.8) is 0 Å². The summed E-state index contributed by atoms with van der Waals surface area (Å²) in [6, 6.07) is 6.81. The largest absolute Gasteiger partial charge is 0.270 e. The summed E-state index contributed by atoms with van der Waals surface area (Å²) in [6.07, 6.45) is 0. The minimum Gasteiger partial charge on any atom is -0.270 e. The molecule has 1 aromatic carbocycles. The van der Waals surface area contributed by atoms with Gasteiger partial charge in [0.1, 0.15) is 0 Å². The number of hydrogen-bond donors (Lipinski definition) is 1. The van der Waals surface area contributed by atoms with Gasteiger partial charge >= 0.3 is 0 Å². The smallest absolute Gasteiger partial charge is 0.268 e. The molecule has 16 heavy (non-hydrogen) atoms. The van der Waals surface area contributed by atoms with Crippen molar-refractivity contribution in [2.45, 2.75) is 26.3 Å². The van der Waals surface area contributed by atoms with Gasteiger partial charge in [-0.1, -0.05) is 23.7 Å². The maximum absolute atomic E-state index is 11.8. The van der Waals surface area contributed by atoms with E-state index in [0.29, 0.717) is 10.6 Å². The summed E-state index contributed by atoms with van der Waals surface area (Å²) in [4.78, 5) is 11.8. The highest BCUT2D eigenvalue weighted by Crippen LogP contribution is 2.17. The summed E-state index contributed by atoms with van der Waals surface area (Å²) >= 11 is 11.8. The van der Waals surface area contributed by atoms with Crippen LogP contribution in [0.3, 0.4) is 0 Å². The van der Waals surface area contributed by atoms with Crippen LogP contribution in [0.25, 0.3) is 0 Å². The van der Waals surface area contributed by atoms with Gasteiger partial charge in [0.05, 0.1) is 10.6 Å². The summed E-state index contributed by atoms with van der Waals surface area (Å²) in [7, 11) is 0. The van der Waals surface area contributed by atoms with E-state index < -0.39 is 0 Å². The van der Waals surface area contributed by atoms with Crippen LogP contribution in [0, 0.1) is 0 Å². The van der Waals surface area contributed by atoms with E-state index in [-0.39, 0.29) is 11.4 Å². The Morgan fingerprint density at radius 2 is 1.88 bits per heavy atom. The molecule has 1 rings (SSSR count). The van der Waals surface area contributed by atoms with E-state index in [1.54, 1.807) is 24.3 Å². The van der Waals surface area contributed by atoms with Crippen molar-refractivity contribution in [3.8, 4) is 0 Å². The summed E-state index contributed by atoms with van der Waals surface area (Å²) in [6.45, 7) is 5.65. The maximum atomic E-state index is 11.8. The Bertz CT molecular complexity index is 388. The Morgan fingerprint density at radius 1 is 1.31 bits per heavy atom. The number of halogens is 2. The summed E-state index contributed by atoms with van der Waals surface area (Å²) in [5.74, 6) is -0.324. The molecule has 1 aromatic rings. The van der Waals surface area contributed by atoms with Crippen LogP contribution in [0.4, 0.5) is 0 Å². The minimum absolute atomic E-state index is 0.324. The Morgan fingerprint density at radius 3 is 2.38 bits per heavy atom. The number of carbonyl (C=O) groups is 1. The van der Waals surface area contributed by atoms with E-state index in [0.717, 1.165) is 0 Å². The molecule has 0 aliphatic heterocycles. The van der Waals surface area contributed by atoms with Crippen molar-refractivity contribution in [1.29, 1.82) is 0 Å². The van der Waals surface area contributed by atoms with Crippen LogP contribution < -0.4 is 5.43 Å². The second-order valence-corrected chi connectivity index (χ2v) is 5.12. The third-order valence-electron chi connectivity index (χ3n) is 1.91. The van der Waals surface area contributed by atoms with Crippen molar-refractivity contribution in [3.05, 3.63) is 34.9 Å². The van der Waals surface area contributed by atoms with Crippen LogP contribution in [0.1, 0.15) is 31.1 Å². The van der Waals surface area contributed by atoms with Gasteiger partial charge in [-0.2, -0.15) is 0 Å². The SMILES string of the molecule is CC(C)(C)N(Cl)NC(=O)c1ccccc1Cl. The molecule has 0 aliphatic carbocycles. The first-order valence-corrected chi connectivity index (χ1v) is 5.55. The zero-order valence-electron chi connectivity index (χ0n) is 9.42. The van der Waals surface area contributed by atoms with E-state index in [9.17, 15) is 4.79 Å². The average Bonchev–Trinajstić information content (AvgIpc) is 2.16. The molecule has 0 saturated heterocycles. The number of hydrogen-bond acceptors (Lipinski definition) is 2. The predicted molar refractivity (Wildman–Crippen MR) is 66.4 cm³/mol. The van der Waals surface area contributed by atoms with Crippen molar-refractivity contribution in [2.75, 3.05) is 0 Å². The first-order valence-electron chi connectivity index (χ1n) is 4.84. The Balaban J connectivity index is 2.78. The quantitative estimate of drug-likeness (QED) is 0.654. The van der Waals surface area contributed by atoms with E-state index in [2.05, 4.69) is 5.43 Å². The van der Waals surface area contributed by atoms with Crippen molar-refractivity contribution < 1.29 is 4.79 Å². The number of nitrogens with zero attached hydrogens (tertiary/aromatic N) is 1. The zero-order chi connectivity index (χ0) is 12.3. The highest BCUT2D eigenvalue weighted by molar-refractivity contribution is 6.33. The Hall–Kier alpha value is -0.770. The molecule has 0 aliphatic rings. The van der Waals surface area contributed by atoms with Crippen molar-refractivity contribution >= 4 is 29.3 Å². The maximum Gasteiger partial charge on any atom is 0.268 e. The number of hydrazine groups is 1. The first kappa shape index (κ1) is 13.3. The molecule has 0 unspecified atom stereocenters. The molecule has 0 aromatic heterocycles. The molecule has 0 fully saturated rings. The third kappa shape index (κ3) is 3.37. The highest BCUT2D eigenvalue weighted by Gasteiger charge is 2.22. The third-order valence-corrected chi connectivity index (χ3v) is 2.83. The van der Waals surface area contributed by atoms with Gasteiger partial charge in [0, 0.05) is 17.3 Å². The molecule has 1 N–H and O–H groups in total. The number of amides is 1. The van der Waals surface area contributed by atoms with Gasteiger partial charge < -0.3 is 0 Å². The fraction of sp³-hybridized carbons (Fsp3) is 0.364. The van der Waals surface area contributed by atoms with Crippen LogP contribution in [0.15, 0.2) is 24.3 Å². The molecular weight excluding hydrogens is 247 g/mol. The van der Waals surface area contributed by atoms with Crippen molar-refractivity contribution in [2.24, 2.45) is 0 Å². The van der Waals surface area contributed by atoms with Crippen LogP contribution in [-0.2, 0) is 0 Å². The zero-order valence-corrected chi connectivity index (χ0v) is 10.9. The molecule has 0 heterocycles. The molecular formula is C11H14Cl2N2O. The Kier molecular flexibility index (Phi) is 4.19. The fourth-order valence-corrected chi connectivity index (χ4v) is 1.26. The molecule has 0 saturated carbocycles. The second kappa shape index (κ2) is 5.04. The fourth-order valence-electron chi connectivity index (χ4n) is 0.962. The number of carbonyl (C=O) groups excluding carboxylic acids is 1. The lowest BCUT2D eigenvalue weighted by atomic mass is 10.1. The number of nitrogens with one attached hydrogen (secondary N) is 1. The summed E-state index contributed by atoms with van der Waals surface area (Å²) in [5, 5.41) is 0.402. The van der Waals surface area contributed by atoms with E-state index in [1.807, 2.05) is 20.8 Å². The molecule has 5 heteroatoms. The van der Waals surface area contributed by atoms with Crippen molar-refractivity contribution in [1.82, 2.24) is 9.95 Å². The van der Waals surface area contributed by atoms with Crippen LogP contribution in [-0.4, -0.2) is 16.0 Å². The monoisotopic (exact) mass is 260 g/mol. The number of benzene rings is 1. The van der Waals surface area contributed by atoms with E-state index >= 15 is 0 Å². The average molecular weight is 261 g/mol. The van der Waals surface area contributed by atoms with Gasteiger partial charge in [0.15, 0.2) is 0 Å². The van der Waals surface area contributed by atoms with E-state index in [4.69, 9.17) is 23.4 Å². The minimum atomic E-state index is -0.363. The lowest BCUT2D eigenvalue weighted by molar-refractivity contribution is 0.0806. The molecule has 1 amide bonds. The summed E-state index contributed by atoms with van der Waals surface area (Å²) in [5.41, 5.74) is 2.59. The molecule has 3 nitrogen and oxygen atoms in total. The van der Waals surface area contributed by atoms with Crippen LogP contribution >= 0.6 is 23.4 Å². The molecule has 0 bridgehead atoms. The van der Waals surface area contributed by atoms with Gasteiger partial charge in [-0.3, -0.25) is 10.2 Å². The Labute approximate surface area is 105 Å². The first-order chi connectivity index (χ1) is 7.32. The van der Waals surface area contributed by atoms with Gasteiger partial charge in [-0.25, -0.2) is 0 Å². The van der Waals surface area contributed by atoms with Gasteiger partial charge in [-0.15, -0.1) is 4.53 Å². The van der Waals surface area contributed by atoms with Crippen LogP contribution in [0.5, 0.6) is 0 Å². The van der Waals surface area contributed by atoms with Gasteiger partial charge in [0.25, 0.3) is 5.91 Å². The molecule has 0 radical (unpaired) electrons. The lowest BCUT2D eigenvalue weighted by Gasteiger charge is -2.28. The summed E-state index contributed by atoms with van der Waals surface area (Å²) < 4.78 is 1.23. The van der Waals surface area contributed by atoms with Gasteiger partial charge in [0.2, 0.25) is 0 Å². The number of rotatable bonds is 2. The predicted octanol–water partition coefficient (Wildman–Crippen LogP) is 3.24. The molecule has 0 spiro atoms. The van der Waals surface area contributed by atoms with Gasteiger partial charge in [-0.05, 0) is 32.9 Å². The molecule has 0 atom stereocenters. The van der Waals surface area contributed by atoms with Crippen LogP contribution in [0.2, 0.25) is 5.02 Å². The van der Waals surface area contributed by atoms with E-state index in [1.165, 1.54) is 4.53 Å². The second-order valence-electron chi connectivity index (χ2n) is 4.37. The topological polar surface area (TPSA) is 32.3 Å².